The predicted octanol–water partition coefficient (Wildman–Crippen LogP) is 4.46. The molecule has 0 saturated carbocycles. The van der Waals surface area contributed by atoms with Crippen LogP contribution in [0.4, 0.5) is 0 Å². The molecule has 0 amide bonds. The third-order valence-electron chi connectivity index (χ3n) is 5.00. The van der Waals surface area contributed by atoms with Gasteiger partial charge >= 0.3 is 0 Å². The van der Waals surface area contributed by atoms with E-state index < -0.39 is 0 Å². The van der Waals surface area contributed by atoms with Gasteiger partial charge in [-0.25, -0.2) is 0 Å². The minimum Gasteiger partial charge on any atom is -0.497 e. The second kappa shape index (κ2) is 7.20. The highest BCUT2D eigenvalue weighted by Crippen LogP contribution is 2.34. The van der Waals surface area contributed by atoms with Crippen LogP contribution in [-0.4, -0.2) is 24.8 Å². The minimum atomic E-state index is -0.195. The maximum atomic E-state index is 13.1. The van der Waals surface area contributed by atoms with E-state index in [-0.39, 0.29) is 11.2 Å². The molecule has 0 aliphatic carbocycles. The summed E-state index contributed by atoms with van der Waals surface area (Å²) in [5.74, 6) is 2.65. The molecular formula is C22H23NO5. The number of hydrogen-bond acceptors (Lipinski definition) is 6. The molecule has 0 atom stereocenters. The lowest BCUT2D eigenvalue weighted by Gasteiger charge is -2.32. The summed E-state index contributed by atoms with van der Waals surface area (Å²) in [5.41, 5.74) is 1.26. The third-order valence-corrected chi connectivity index (χ3v) is 5.00. The summed E-state index contributed by atoms with van der Waals surface area (Å²) in [6.07, 6.45) is 0. The lowest BCUT2D eigenvalue weighted by molar-refractivity contribution is 0.0689. The molecule has 1 aromatic heterocycles. The molecular weight excluding hydrogens is 358 g/mol. The highest BCUT2D eigenvalue weighted by molar-refractivity contribution is 5.83. The Morgan fingerprint density at radius 3 is 2.46 bits per heavy atom. The van der Waals surface area contributed by atoms with Gasteiger partial charge in [0.15, 0.2) is 0 Å². The normalized spacial score (nSPS) is 14.0. The van der Waals surface area contributed by atoms with Crippen molar-refractivity contribution in [3.05, 3.63) is 57.9 Å². The highest BCUT2D eigenvalue weighted by Gasteiger charge is 2.25. The van der Waals surface area contributed by atoms with Gasteiger partial charge in [-0.05, 0) is 57.2 Å². The van der Waals surface area contributed by atoms with Gasteiger partial charge in [0.1, 0.15) is 35.3 Å². The van der Waals surface area contributed by atoms with Gasteiger partial charge < -0.3 is 18.6 Å². The van der Waals surface area contributed by atoms with Crippen LogP contribution in [0.15, 0.2) is 45.6 Å². The maximum absolute atomic E-state index is 13.1. The smallest absolute Gasteiger partial charge is 0.235 e. The Bertz CT molecular complexity index is 1070. The van der Waals surface area contributed by atoms with Crippen LogP contribution in [0, 0.1) is 6.92 Å². The molecule has 6 heteroatoms. The van der Waals surface area contributed by atoms with Crippen LogP contribution in [-0.2, 0) is 6.54 Å². The first-order valence-electron chi connectivity index (χ1n) is 9.26. The zero-order valence-corrected chi connectivity index (χ0v) is 16.4. The second-order valence-electron chi connectivity index (χ2n) is 7.13. The molecule has 2 heterocycles. The van der Waals surface area contributed by atoms with Crippen LogP contribution >= 0.6 is 0 Å². The highest BCUT2D eigenvalue weighted by atomic mass is 16.5. The van der Waals surface area contributed by atoms with Crippen molar-refractivity contribution in [1.29, 1.82) is 0 Å². The maximum Gasteiger partial charge on any atom is 0.235 e. The number of rotatable bonds is 4. The molecule has 1 aliphatic heterocycles. The molecule has 0 unspecified atom stereocenters. The SMILES string of the molecule is COc1ccc(Oc2c(C)oc3c4c(ccc3c2=O)OCN(C(C)C)C4)cc1. The van der Waals surface area contributed by atoms with Gasteiger partial charge in [-0.15, -0.1) is 0 Å². The summed E-state index contributed by atoms with van der Waals surface area (Å²) in [5, 5.41) is 0.488. The number of fused-ring (bicyclic) bond motifs is 3. The topological polar surface area (TPSA) is 61.1 Å². The molecule has 4 rings (SSSR count). The minimum absolute atomic E-state index is 0.190. The standard InChI is InChI=1S/C22H23NO5/c1-13(2)23-11-18-19(26-12-23)10-9-17-20(24)21(14(3)27-22(17)18)28-16-7-5-15(25-4)6-8-16/h5-10,13H,11-12H2,1-4H3. The number of benzene rings is 2. The van der Waals surface area contributed by atoms with Crippen LogP contribution in [0.3, 0.4) is 0 Å². The third kappa shape index (κ3) is 3.20. The average Bonchev–Trinajstić information content (AvgIpc) is 2.71. The first kappa shape index (κ1) is 18.4. The van der Waals surface area contributed by atoms with E-state index in [2.05, 4.69) is 18.7 Å². The van der Waals surface area contributed by atoms with Crippen LogP contribution < -0.4 is 19.6 Å². The van der Waals surface area contributed by atoms with Gasteiger partial charge in [0.05, 0.1) is 18.1 Å². The summed E-state index contributed by atoms with van der Waals surface area (Å²) in [7, 11) is 1.60. The van der Waals surface area contributed by atoms with Crippen LogP contribution in [0.25, 0.3) is 11.0 Å². The zero-order chi connectivity index (χ0) is 19.8. The predicted molar refractivity (Wildman–Crippen MR) is 106 cm³/mol. The summed E-state index contributed by atoms with van der Waals surface area (Å²) >= 11 is 0. The van der Waals surface area contributed by atoms with Crippen molar-refractivity contribution in [2.24, 2.45) is 0 Å². The largest absolute Gasteiger partial charge is 0.497 e. The van der Waals surface area contributed by atoms with Crippen molar-refractivity contribution in [2.75, 3.05) is 13.8 Å². The molecule has 0 saturated heterocycles. The molecule has 0 N–H and O–H groups in total. The summed E-state index contributed by atoms with van der Waals surface area (Å²) in [4.78, 5) is 15.3. The van der Waals surface area contributed by atoms with Crippen molar-refractivity contribution in [3.8, 4) is 23.0 Å². The molecule has 0 radical (unpaired) electrons. The lowest BCUT2D eigenvalue weighted by Crippen LogP contribution is -2.37. The van der Waals surface area contributed by atoms with Gasteiger partial charge in [0, 0.05) is 12.6 Å². The molecule has 2 aromatic carbocycles. The van der Waals surface area contributed by atoms with E-state index in [4.69, 9.17) is 18.6 Å². The van der Waals surface area contributed by atoms with Crippen LogP contribution in [0.1, 0.15) is 25.2 Å². The van der Waals surface area contributed by atoms with Crippen molar-refractivity contribution < 1.29 is 18.6 Å². The van der Waals surface area contributed by atoms with Crippen molar-refractivity contribution in [3.63, 3.8) is 0 Å². The van der Waals surface area contributed by atoms with E-state index in [0.717, 1.165) is 17.1 Å². The fourth-order valence-corrected chi connectivity index (χ4v) is 3.28. The Kier molecular flexibility index (Phi) is 4.73. The van der Waals surface area contributed by atoms with Crippen LogP contribution in [0.5, 0.6) is 23.0 Å². The fraction of sp³-hybridized carbons (Fsp3) is 0.318. The molecule has 0 spiro atoms. The van der Waals surface area contributed by atoms with E-state index in [0.29, 0.717) is 41.8 Å². The average molecular weight is 381 g/mol. The monoisotopic (exact) mass is 381 g/mol. The Morgan fingerprint density at radius 1 is 1.07 bits per heavy atom. The Hall–Kier alpha value is -2.99. The first-order valence-corrected chi connectivity index (χ1v) is 9.26. The fourth-order valence-electron chi connectivity index (χ4n) is 3.28. The molecule has 1 aliphatic rings. The van der Waals surface area contributed by atoms with Gasteiger partial charge in [0.2, 0.25) is 11.2 Å². The molecule has 3 aromatic rings. The Labute approximate surface area is 163 Å². The van der Waals surface area contributed by atoms with Gasteiger partial charge in [-0.3, -0.25) is 9.69 Å². The Morgan fingerprint density at radius 2 is 1.79 bits per heavy atom. The second-order valence-corrected chi connectivity index (χ2v) is 7.13. The summed E-state index contributed by atoms with van der Waals surface area (Å²) in [6.45, 7) is 7.16. The number of methoxy groups -OCH3 is 1. The van der Waals surface area contributed by atoms with E-state index >= 15 is 0 Å². The summed E-state index contributed by atoms with van der Waals surface area (Å²) in [6, 6.07) is 11.0. The molecule has 28 heavy (non-hydrogen) atoms. The van der Waals surface area contributed by atoms with E-state index in [1.165, 1.54) is 0 Å². The van der Waals surface area contributed by atoms with E-state index in [9.17, 15) is 4.79 Å². The van der Waals surface area contributed by atoms with Crippen molar-refractivity contribution in [2.45, 2.75) is 33.4 Å². The van der Waals surface area contributed by atoms with Crippen LogP contribution in [0.2, 0.25) is 0 Å². The van der Waals surface area contributed by atoms with Gasteiger partial charge in [0.25, 0.3) is 0 Å². The Balaban J connectivity index is 1.77. The van der Waals surface area contributed by atoms with E-state index in [1.807, 2.05) is 6.07 Å². The quantitative estimate of drug-likeness (QED) is 0.665. The molecule has 0 bridgehead atoms. The number of hydrogen-bond donors (Lipinski definition) is 0. The molecule has 0 fully saturated rings. The van der Waals surface area contributed by atoms with E-state index in [1.54, 1.807) is 44.4 Å². The van der Waals surface area contributed by atoms with Gasteiger partial charge in [-0.1, -0.05) is 0 Å². The zero-order valence-electron chi connectivity index (χ0n) is 16.4. The lowest BCUT2D eigenvalue weighted by atomic mass is 10.1. The first-order chi connectivity index (χ1) is 13.5. The summed E-state index contributed by atoms with van der Waals surface area (Å²) < 4.78 is 22.9. The van der Waals surface area contributed by atoms with Crippen molar-refractivity contribution >= 4 is 11.0 Å². The number of aryl methyl sites for hydroxylation is 1. The van der Waals surface area contributed by atoms with Gasteiger partial charge in [-0.2, -0.15) is 0 Å². The number of nitrogens with zero attached hydrogens (tertiary/aromatic N) is 1. The number of ether oxygens (including phenoxy) is 3. The molecule has 146 valence electrons. The van der Waals surface area contributed by atoms with Crippen molar-refractivity contribution in [1.82, 2.24) is 4.90 Å². The molecule has 6 nitrogen and oxygen atoms in total.